The van der Waals surface area contributed by atoms with Gasteiger partial charge in [-0.05, 0) is 12.8 Å². The predicted molar refractivity (Wildman–Crippen MR) is 55.0 cm³/mol. The van der Waals surface area contributed by atoms with Gasteiger partial charge in [0, 0.05) is 19.5 Å². The molecule has 1 saturated heterocycles. The van der Waals surface area contributed by atoms with Crippen molar-refractivity contribution in [3.63, 3.8) is 0 Å². The van der Waals surface area contributed by atoms with Crippen LogP contribution in [-0.4, -0.2) is 46.1 Å². The molecular formula is C10H18N2O3. The number of hydrogen-bond acceptors (Lipinski definition) is 3. The molecule has 5 nitrogen and oxygen atoms in total. The van der Waals surface area contributed by atoms with Crippen LogP contribution in [0.25, 0.3) is 0 Å². The summed E-state index contributed by atoms with van der Waals surface area (Å²) < 4.78 is 0. The molecule has 1 N–H and O–H groups in total. The molecule has 0 aromatic rings. The fourth-order valence-electron chi connectivity index (χ4n) is 1.69. The summed E-state index contributed by atoms with van der Waals surface area (Å²) in [5.74, 6) is -0.522. The minimum absolute atomic E-state index is 0.0248. The van der Waals surface area contributed by atoms with Gasteiger partial charge in [0.05, 0.1) is 0 Å². The zero-order valence-electron chi connectivity index (χ0n) is 9.43. The number of rotatable bonds is 4. The smallest absolute Gasteiger partial charge is 0.322 e. The molecule has 1 aliphatic rings. The number of nitrogens with zero attached hydrogens (tertiary/aromatic N) is 2. The van der Waals surface area contributed by atoms with Gasteiger partial charge >= 0.3 is 5.97 Å². The summed E-state index contributed by atoms with van der Waals surface area (Å²) in [6, 6.07) is -0.629. The SMILES string of the molecule is CC(C)CN1C(=O)CCN1C(C)C(=O)O. The minimum atomic E-state index is -0.890. The molecule has 1 rings (SSSR count). The van der Waals surface area contributed by atoms with Crippen molar-refractivity contribution in [3.8, 4) is 0 Å². The average molecular weight is 214 g/mol. The summed E-state index contributed by atoms with van der Waals surface area (Å²) in [4.78, 5) is 22.4. The van der Waals surface area contributed by atoms with Crippen LogP contribution in [0.2, 0.25) is 0 Å². The van der Waals surface area contributed by atoms with Crippen LogP contribution >= 0.6 is 0 Å². The Balaban J connectivity index is 2.71. The number of aliphatic carboxylic acids is 1. The first-order valence-electron chi connectivity index (χ1n) is 5.23. The topological polar surface area (TPSA) is 60.9 Å². The van der Waals surface area contributed by atoms with Gasteiger partial charge in [-0.15, -0.1) is 0 Å². The highest BCUT2D eigenvalue weighted by Crippen LogP contribution is 2.17. The molecule has 0 spiro atoms. The van der Waals surface area contributed by atoms with Crippen LogP contribution in [0.3, 0.4) is 0 Å². The molecule has 0 aromatic carbocycles. The summed E-state index contributed by atoms with van der Waals surface area (Å²) in [6.45, 7) is 6.73. The quantitative estimate of drug-likeness (QED) is 0.743. The van der Waals surface area contributed by atoms with Gasteiger partial charge in [-0.3, -0.25) is 14.6 Å². The molecule has 0 aromatic heterocycles. The zero-order valence-corrected chi connectivity index (χ0v) is 9.43. The molecule has 86 valence electrons. The third kappa shape index (κ3) is 2.68. The Bertz CT molecular complexity index is 265. The molecule has 0 radical (unpaired) electrons. The van der Waals surface area contributed by atoms with Crippen molar-refractivity contribution < 1.29 is 14.7 Å². The van der Waals surface area contributed by atoms with Crippen molar-refractivity contribution in [1.29, 1.82) is 0 Å². The Morgan fingerprint density at radius 2 is 2.07 bits per heavy atom. The third-order valence-electron chi connectivity index (χ3n) is 2.50. The van der Waals surface area contributed by atoms with Gasteiger partial charge in [-0.25, -0.2) is 5.01 Å². The van der Waals surface area contributed by atoms with E-state index < -0.39 is 12.0 Å². The van der Waals surface area contributed by atoms with Gasteiger partial charge < -0.3 is 5.11 Å². The van der Waals surface area contributed by atoms with E-state index in [0.717, 1.165) is 0 Å². The second-order valence-corrected chi connectivity index (χ2v) is 4.30. The van der Waals surface area contributed by atoms with E-state index in [1.807, 2.05) is 13.8 Å². The molecule has 1 amide bonds. The van der Waals surface area contributed by atoms with Crippen LogP contribution in [0.15, 0.2) is 0 Å². The molecule has 15 heavy (non-hydrogen) atoms. The van der Waals surface area contributed by atoms with Crippen LogP contribution in [0.5, 0.6) is 0 Å². The maximum Gasteiger partial charge on any atom is 0.322 e. The second kappa shape index (κ2) is 4.61. The number of amides is 1. The predicted octanol–water partition coefficient (Wildman–Crippen LogP) is 0.565. The first-order valence-corrected chi connectivity index (χ1v) is 5.23. The maximum absolute atomic E-state index is 11.5. The molecular weight excluding hydrogens is 196 g/mol. The van der Waals surface area contributed by atoms with E-state index >= 15 is 0 Å². The van der Waals surface area contributed by atoms with Crippen molar-refractivity contribution in [2.75, 3.05) is 13.1 Å². The third-order valence-corrected chi connectivity index (χ3v) is 2.50. The lowest BCUT2D eigenvalue weighted by Crippen LogP contribution is -2.48. The minimum Gasteiger partial charge on any atom is -0.480 e. The van der Waals surface area contributed by atoms with Crippen molar-refractivity contribution >= 4 is 11.9 Å². The molecule has 1 unspecified atom stereocenters. The summed E-state index contributed by atoms with van der Waals surface area (Å²) in [5, 5.41) is 12.1. The Morgan fingerprint density at radius 1 is 1.47 bits per heavy atom. The highest BCUT2D eigenvalue weighted by molar-refractivity contribution is 5.79. The average Bonchev–Trinajstić information content (AvgIpc) is 2.46. The van der Waals surface area contributed by atoms with E-state index in [1.165, 1.54) is 0 Å². The van der Waals surface area contributed by atoms with E-state index in [4.69, 9.17) is 5.11 Å². The summed E-state index contributed by atoms with van der Waals surface area (Å²) in [5.41, 5.74) is 0. The maximum atomic E-state index is 11.5. The lowest BCUT2D eigenvalue weighted by atomic mass is 10.2. The number of hydrazine groups is 1. The number of carbonyl (C=O) groups excluding carboxylic acids is 1. The number of carboxylic acid groups (broad SMARTS) is 1. The van der Waals surface area contributed by atoms with Crippen molar-refractivity contribution in [3.05, 3.63) is 0 Å². The Hall–Kier alpha value is -1.10. The van der Waals surface area contributed by atoms with Crippen LogP contribution in [0.1, 0.15) is 27.2 Å². The Labute approximate surface area is 89.6 Å². The molecule has 0 aliphatic carbocycles. The molecule has 5 heteroatoms. The van der Waals surface area contributed by atoms with Gasteiger partial charge in [0.1, 0.15) is 6.04 Å². The first-order chi connectivity index (χ1) is 6.93. The molecule has 0 bridgehead atoms. The standard InChI is InChI=1S/C10H18N2O3/c1-7(2)6-12-9(13)4-5-11(12)8(3)10(14)15/h7-8H,4-6H2,1-3H3,(H,14,15). The Kier molecular flexibility index (Phi) is 3.68. The lowest BCUT2D eigenvalue weighted by molar-refractivity contribution is -0.155. The van der Waals surface area contributed by atoms with Crippen LogP contribution in [0, 0.1) is 5.92 Å². The van der Waals surface area contributed by atoms with E-state index in [9.17, 15) is 9.59 Å². The summed E-state index contributed by atoms with van der Waals surface area (Å²) in [7, 11) is 0. The largest absolute Gasteiger partial charge is 0.480 e. The van der Waals surface area contributed by atoms with Gasteiger partial charge in [0.25, 0.3) is 0 Å². The highest BCUT2D eigenvalue weighted by Gasteiger charge is 2.35. The number of hydrogen-bond donors (Lipinski definition) is 1. The zero-order chi connectivity index (χ0) is 11.6. The van der Waals surface area contributed by atoms with Gasteiger partial charge in [0.15, 0.2) is 0 Å². The fourth-order valence-corrected chi connectivity index (χ4v) is 1.69. The van der Waals surface area contributed by atoms with Gasteiger partial charge in [-0.1, -0.05) is 13.8 Å². The molecule has 1 fully saturated rings. The highest BCUT2D eigenvalue weighted by atomic mass is 16.4. The molecule has 1 aliphatic heterocycles. The Morgan fingerprint density at radius 3 is 2.53 bits per heavy atom. The van der Waals surface area contributed by atoms with Crippen molar-refractivity contribution in [2.24, 2.45) is 5.92 Å². The van der Waals surface area contributed by atoms with Crippen LogP contribution in [-0.2, 0) is 9.59 Å². The van der Waals surface area contributed by atoms with E-state index in [1.54, 1.807) is 16.9 Å². The number of carbonyl (C=O) groups is 2. The monoisotopic (exact) mass is 214 g/mol. The van der Waals surface area contributed by atoms with E-state index in [0.29, 0.717) is 25.4 Å². The molecule has 1 atom stereocenters. The van der Waals surface area contributed by atoms with Crippen molar-refractivity contribution in [2.45, 2.75) is 33.2 Å². The summed E-state index contributed by atoms with van der Waals surface area (Å²) >= 11 is 0. The fraction of sp³-hybridized carbons (Fsp3) is 0.800. The van der Waals surface area contributed by atoms with Gasteiger partial charge in [-0.2, -0.15) is 0 Å². The lowest BCUT2D eigenvalue weighted by Gasteiger charge is -2.31. The molecule has 1 heterocycles. The second-order valence-electron chi connectivity index (χ2n) is 4.30. The van der Waals surface area contributed by atoms with Gasteiger partial charge in [0.2, 0.25) is 5.91 Å². The van der Waals surface area contributed by atoms with E-state index in [-0.39, 0.29) is 5.91 Å². The van der Waals surface area contributed by atoms with E-state index in [2.05, 4.69) is 0 Å². The number of carboxylic acids is 1. The first kappa shape index (κ1) is 12.0. The van der Waals surface area contributed by atoms with Crippen LogP contribution in [0.4, 0.5) is 0 Å². The van der Waals surface area contributed by atoms with Crippen molar-refractivity contribution in [1.82, 2.24) is 10.0 Å². The molecule has 0 saturated carbocycles. The van der Waals surface area contributed by atoms with Crippen LogP contribution < -0.4 is 0 Å². The summed E-state index contributed by atoms with van der Waals surface area (Å²) in [6.07, 6.45) is 0.421. The normalized spacial score (nSPS) is 20.0.